The molecule has 1 saturated heterocycles. The highest BCUT2D eigenvalue weighted by atomic mass is 35.5. The molecular formula is C27H40ClN5O2S. The van der Waals surface area contributed by atoms with Crippen molar-refractivity contribution in [1.29, 1.82) is 0 Å². The summed E-state index contributed by atoms with van der Waals surface area (Å²) in [6.45, 7) is 7.75. The number of anilines is 1. The fraction of sp³-hybridized carbons (Fsp3) is 0.519. The fourth-order valence-electron chi connectivity index (χ4n) is 4.12. The van der Waals surface area contributed by atoms with Crippen LogP contribution in [0.15, 0.2) is 58.3 Å². The van der Waals surface area contributed by atoms with Gasteiger partial charge in [-0.1, -0.05) is 48.0 Å². The second kappa shape index (κ2) is 16.1. The Morgan fingerprint density at radius 1 is 1.03 bits per heavy atom. The van der Waals surface area contributed by atoms with Crippen LogP contribution in [0, 0.1) is 0 Å². The number of piperazine rings is 1. The van der Waals surface area contributed by atoms with E-state index in [9.17, 15) is 4.79 Å². The first-order chi connectivity index (χ1) is 17.5. The number of carbonyl (C=O) groups excluding carboxylic acids is 1. The van der Waals surface area contributed by atoms with E-state index in [-0.39, 0.29) is 5.97 Å². The van der Waals surface area contributed by atoms with Crippen molar-refractivity contribution in [3.63, 3.8) is 0 Å². The zero-order valence-corrected chi connectivity index (χ0v) is 22.6. The lowest BCUT2D eigenvalue weighted by Gasteiger charge is -2.34. The van der Waals surface area contributed by atoms with Crippen molar-refractivity contribution in [2.75, 3.05) is 64.3 Å². The average molecular weight is 534 g/mol. The molecule has 0 aliphatic carbocycles. The minimum atomic E-state index is -0.540. The normalized spacial score (nSPS) is 15.5. The maximum atomic E-state index is 12.0. The molecule has 1 fully saturated rings. The molecule has 2 aromatic carbocycles. The molecule has 0 radical (unpaired) electrons. The van der Waals surface area contributed by atoms with Gasteiger partial charge in [0.2, 0.25) is 0 Å². The van der Waals surface area contributed by atoms with Crippen LogP contribution in [0.4, 0.5) is 5.69 Å². The Balaban J connectivity index is 1.30. The van der Waals surface area contributed by atoms with E-state index in [1.807, 2.05) is 18.2 Å². The molecule has 1 heterocycles. The second-order valence-corrected chi connectivity index (χ2v) is 10.6. The molecule has 0 spiro atoms. The molecule has 1 atom stereocenters. The Bertz CT molecular complexity index is 912. The summed E-state index contributed by atoms with van der Waals surface area (Å²) in [5.74, 6) is -0.303. The summed E-state index contributed by atoms with van der Waals surface area (Å²) >= 11 is 8.01. The molecule has 5 N–H and O–H groups in total. The van der Waals surface area contributed by atoms with E-state index in [1.54, 1.807) is 11.8 Å². The van der Waals surface area contributed by atoms with Crippen molar-refractivity contribution in [1.82, 2.24) is 9.80 Å². The van der Waals surface area contributed by atoms with Crippen molar-refractivity contribution in [2.24, 2.45) is 11.5 Å². The lowest BCUT2D eigenvalue weighted by atomic mass is 10.1. The van der Waals surface area contributed by atoms with Crippen molar-refractivity contribution >= 4 is 35.0 Å². The summed E-state index contributed by atoms with van der Waals surface area (Å²) in [6.07, 6.45) is 3.43. The van der Waals surface area contributed by atoms with Gasteiger partial charge in [0.25, 0.3) is 0 Å². The van der Waals surface area contributed by atoms with Crippen molar-refractivity contribution in [3.05, 3.63) is 53.6 Å². The van der Waals surface area contributed by atoms with Gasteiger partial charge in [0.15, 0.2) is 0 Å². The van der Waals surface area contributed by atoms with E-state index >= 15 is 0 Å². The third kappa shape index (κ3) is 10.3. The molecule has 0 bridgehead atoms. The van der Waals surface area contributed by atoms with E-state index in [0.29, 0.717) is 19.6 Å². The number of nitrogens with two attached hydrogens (primary N) is 2. The molecule has 7 nitrogen and oxygen atoms in total. The molecule has 3 rings (SSSR count). The van der Waals surface area contributed by atoms with Gasteiger partial charge in [-0.25, -0.2) is 0 Å². The SMILES string of the molecule is NCCCCC(N)C(=O)OCCN1CCN(CCCNc2cc(Cl)ccc2Sc2ccccc2)CC1. The lowest BCUT2D eigenvalue weighted by Crippen LogP contribution is -2.47. The van der Waals surface area contributed by atoms with E-state index in [2.05, 4.69) is 45.4 Å². The lowest BCUT2D eigenvalue weighted by molar-refractivity contribution is -0.145. The molecule has 0 amide bonds. The maximum Gasteiger partial charge on any atom is 0.322 e. The fourth-order valence-corrected chi connectivity index (χ4v) is 5.21. The maximum absolute atomic E-state index is 12.0. The molecule has 9 heteroatoms. The highest BCUT2D eigenvalue weighted by molar-refractivity contribution is 7.99. The van der Waals surface area contributed by atoms with E-state index in [4.69, 9.17) is 27.8 Å². The number of rotatable bonds is 15. The van der Waals surface area contributed by atoms with Crippen LogP contribution in [-0.4, -0.2) is 80.8 Å². The van der Waals surface area contributed by atoms with Crippen molar-refractivity contribution in [3.8, 4) is 0 Å². The summed E-state index contributed by atoms with van der Waals surface area (Å²) in [6, 6.07) is 15.9. The van der Waals surface area contributed by atoms with Gasteiger partial charge < -0.3 is 26.4 Å². The van der Waals surface area contributed by atoms with E-state index in [1.165, 1.54) is 9.79 Å². The predicted octanol–water partition coefficient (Wildman–Crippen LogP) is 3.91. The Morgan fingerprint density at radius 2 is 1.75 bits per heavy atom. The third-order valence-corrected chi connectivity index (χ3v) is 7.59. The number of ether oxygens (including phenoxy) is 1. The Labute approximate surface area is 224 Å². The zero-order chi connectivity index (χ0) is 25.6. The van der Waals surface area contributed by atoms with Crippen LogP contribution >= 0.6 is 23.4 Å². The van der Waals surface area contributed by atoms with Crippen LogP contribution in [0.25, 0.3) is 0 Å². The van der Waals surface area contributed by atoms with Gasteiger partial charge in [-0.3, -0.25) is 9.69 Å². The standard InChI is InChI=1S/C27H40ClN5O2S/c28-22-10-11-26(36-23-7-2-1-3-8-23)25(21-22)31-13-6-14-32-15-17-33(18-16-32)19-20-35-27(34)24(30)9-4-5-12-29/h1-3,7-8,10-11,21,24,31H,4-6,9,12-20,29-30H2. The highest BCUT2D eigenvalue weighted by Crippen LogP contribution is 2.35. The van der Waals surface area contributed by atoms with Crippen molar-refractivity contribution < 1.29 is 9.53 Å². The molecule has 1 unspecified atom stereocenters. The monoisotopic (exact) mass is 533 g/mol. The summed E-state index contributed by atoms with van der Waals surface area (Å²) in [5, 5.41) is 4.32. The summed E-state index contributed by atoms with van der Waals surface area (Å²) in [5.41, 5.74) is 12.5. The number of esters is 1. The molecule has 0 aromatic heterocycles. The first-order valence-electron chi connectivity index (χ1n) is 12.9. The third-order valence-electron chi connectivity index (χ3n) is 6.27. The molecule has 1 aliphatic heterocycles. The average Bonchev–Trinajstić information content (AvgIpc) is 2.89. The van der Waals surface area contributed by atoms with E-state index in [0.717, 1.165) is 75.8 Å². The van der Waals surface area contributed by atoms with Gasteiger partial charge in [-0.05, 0) is 62.7 Å². The largest absolute Gasteiger partial charge is 0.463 e. The van der Waals surface area contributed by atoms with Gasteiger partial charge in [-0.2, -0.15) is 0 Å². The highest BCUT2D eigenvalue weighted by Gasteiger charge is 2.18. The van der Waals surface area contributed by atoms with Gasteiger partial charge >= 0.3 is 5.97 Å². The van der Waals surface area contributed by atoms with E-state index < -0.39 is 6.04 Å². The number of halogens is 1. The molecule has 36 heavy (non-hydrogen) atoms. The number of carbonyl (C=O) groups is 1. The Morgan fingerprint density at radius 3 is 2.47 bits per heavy atom. The minimum Gasteiger partial charge on any atom is -0.463 e. The minimum absolute atomic E-state index is 0.303. The van der Waals surface area contributed by atoms with Gasteiger partial charge in [0, 0.05) is 59.8 Å². The number of unbranched alkanes of at least 4 members (excludes halogenated alkanes) is 1. The summed E-state index contributed by atoms with van der Waals surface area (Å²) < 4.78 is 5.37. The topological polar surface area (TPSA) is 96.8 Å². The van der Waals surface area contributed by atoms with Crippen LogP contribution < -0.4 is 16.8 Å². The number of nitrogens with one attached hydrogen (secondary N) is 1. The van der Waals surface area contributed by atoms with Gasteiger partial charge in [0.05, 0.1) is 0 Å². The van der Waals surface area contributed by atoms with Crippen LogP contribution in [-0.2, 0) is 9.53 Å². The van der Waals surface area contributed by atoms with Crippen LogP contribution in [0.5, 0.6) is 0 Å². The summed E-state index contributed by atoms with van der Waals surface area (Å²) in [7, 11) is 0. The number of benzene rings is 2. The number of hydrogen-bond donors (Lipinski definition) is 3. The number of hydrogen-bond acceptors (Lipinski definition) is 8. The van der Waals surface area contributed by atoms with Crippen LogP contribution in [0.3, 0.4) is 0 Å². The van der Waals surface area contributed by atoms with Gasteiger partial charge in [0.1, 0.15) is 12.6 Å². The first-order valence-corrected chi connectivity index (χ1v) is 14.1. The van der Waals surface area contributed by atoms with Crippen LogP contribution in [0.1, 0.15) is 25.7 Å². The molecule has 2 aromatic rings. The van der Waals surface area contributed by atoms with Crippen molar-refractivity contribution in [2.45, 2.75) is 41.5 Å². The summed E-state index contributed by atoms with van der Waals surface area (Å²) in [4.78, 5) is 19.2. The van der Waals surface area contributed by atoms with Crippen LogP contribution in [0.2, 0.25) is 5.02 Å². The Hall–Kier alpha value is -1.81. The molecule has 0 saturated carbocycles. The second-order valence-electron chi connectivity index (χ2n) is 9.08. The quantitative estimate of drug-likeness (QED) is 0.234. The first kappa shape index (κ1) is 28.8. The predicted molar refractivity (Wildman–Crippen MR) is 150 cm³/mol. The van der Waals surface area contributed by atoms with Gasteiger partial charge in [-0.15, -0.1) is 0 Å². The Kier molecular flexibility index (Phi) is 12.9. The molecule has 1 aliphatic rings. The smallest absolute Gasteiger partial charge is 0.322 e. The zero-order valence-electron chi connectivity index (χ0n) is 21.0. The number of nitrogens with zero attached hydrogens (tertiary/aromatic N) is 2. The molecule has 198 valence electrons. The molecular weight excluding hydrogens is 494 g/mol.